The van der Waals surface area contributed by atoms with E-state index in [1.807, 2.05) is 37.3 Å². The molecule has 0 spiro atoms. The van der Waals surface area contributed by atoms with Crippen molar-refractivity contribution in [1.29, 1.82) is 0 Å². The van der Waals surface area contributed by atoms with Crippen LogP contribution in [0.4, 0.5) is 0 Å². The molecule has 0 aliphatic carbocycles. The number of ether oxygens (including phenoxy) is 3. The molecule has 27 heavy (non-hydrogen) atoms. The van der Waals surface area contributed by atoms with Crippen molar-refractivity contribution in [3.8, 4) is 17.2 Å². The van der Waals surface area contributed by atoms with Crippen LogP contribution in [0.25, 0.3) is 0 Å². The van der Waals surface area contributed by atoms with Crippen molar-refractivity contribution in [2.75, 3.05) is 14.2 Å². The van der Waals surface area contributed by atoms with Crippen molar-refractivity contribution < 1.29 is 19.0 Å². The molecular formula is C21H26N2O4. The Morgan fingerprint density at radius 3 is 2.37 bits per heavy atom. The fourth-order valence-corrected chi connectivity index (χ4v) is 2.42. The quantitative estimate of drug-likeness (QED) is 0.508. The third-order valence-corrected chi connectivity index (χ3v) is 3.87. The summed E-state index contributed by atoms with van der Waals surface area (Å²) in [6.45, 7) is 2.44. The number of hydrazone groups is 1. The molecule has 1 N–H and O–H groups in total. The number of rotatable bonds is 10. The zero-order valence-corrected chi connectivity index (χ0v) is 16.0. The van der Waals surface area contributed by atoms with Crippen LogP contribution in [0.1, 0.15) is 37.3 Å². The van der Waals surface area contributed by atoms with Gasteiger partial charge in [0.05, 0.1) is 20.4 Å². The fraction of sp³-hybridized carbons (Fsp3) is 0.333. The summed E-state index contributed by atoms with van der Waals surface area (Å²) < 4.78 is 16.8. The van der Waals surface area contributed by atoms with Crippen LogP contribution in [0.5, 0.6) is 17.2 Å². The molecule has 6 heteroatoms. The summed E-state index contributed by atoms with van der Waals surface area (Å²) in [4.78, 5) is 11.6. The average Bonchev–Trinajstić information content (AvgIpc) is 2.71. The van der Waals surface area contributed by atoms with Gasteiger partial charge in [0, 0.05) is 12.0 Å². The van der Waals surface area contributed by atoms with Crippen molar-refractivity contribution in [3.05, 3.63) is 53.6 Å². The first kappa shape index (κ1) is 20.3. The minimum atomic E-state index is -0.102. The highest BCUT2D eigenvalue weighted by atomic mass is 16.5. The zero-order chi connectivity index (χ0) is 19.5. The fourth-order valence-electron chi connectivity index (χ4n) is 2.42. The number of amides is 1. The second-order valence-corrected chi connectivity index (χ2v) is 5.93. The van der Waals surface area contributed by atoms with Crippen molar-refractivity contribution in [1.82, 2.24) is 5.43 Å². The first-order chi connectivity index (χ1) is 13.2. The van der Waals surface area contributed by atoms with Crippen molar-refractivity contribution >= 4 is 12.1 Å². The number of hydrogen-bond acceptors (Lipinski definition) is 5. The second-order valence-electron chi connectivity index (χ2n) is 5.93. The van der Waals surface area contributed by atoms with Gasteiger partial charge in [-0.15, -0.1) is 0 Å². The normalized spacial score (nSPS) is 10.6. The Morgan fingerprint density at radius 1 is 1.11 bits per heavy atom. The topological polar surface area (TPSA) is 69.2 Å². The van der Waals surface area contributed by atoms with Crippen LogP contribution in [0.2, 0.25) is 0 Å². The number of carbonyl (C=O) groups excluding carboxylic acids is 1. The predicted molar refractivity (Wildman–Crippen MR) is 106 cm³/mol. The molecule has 0 aliphatic rings. The van der Waals surface area contributed by atoms with Gasteiger partial charge in [-0.05, 0) is 24.1 Å². The van der Waals surface area contributed by atoms with E-state index in [9.17, 15) is 4.79 Å². The Morgan fingerprint density at radius 2 is 1.78 bits per heavy atom. The van der Waals surface area contributed by atoms with Gasteiger partial charge in [0.2, 0.25) is 11.7 Å². The summed E-state index contributed by atoms with van der Waals surface area (Å²) in [6, 6.07) is 13.4. The number of unbranched alkanes of at least 4 members (excludes halogenated alkanes) is 1. The lowest BCUT2D eigenvalue weighted by Crippen LogP contribution is -2.16. The largest absolute Gasteiger partial charge is 0.493 e. The van der Waals surface area contributed by atoms with Gasteiger partial charge >= 0.3 is 0 Å². The molecule has 0 aromatic heterocycles. The molecular weight excluding hydrogens is 344 g/mol. The standard InChI is InChI=1S/C21H26N2O4/c1-4-5-11-20(24)23-22-14-17-12-18(25-2)21(19(13-17)26-3)27-15-16-9-7-6-8-10-16/h6-10,12-14H,4-5,11,15H2,1-3H3,(H,23,24)/b22-14+. The molecule has 0 fully saturated rings. The van der Waals surface area contributed by atoms with Crippen molar-refractivity contribution in [2.24, 2.45) is 5.10 Å². The Labute approximate surface area is 160 Å². The van der Waals surface area contributed by atoms with Crippen LogP contribution in [0.15, 0.2) is 47.6 Å². The molecule has 0 aliphatic heterocycles. The van der Waals surface area contributed by atoms with Gasteiger partial charge in [-0.3, -0.25) is 4.79 Å². The third-order valence-electron chi connectivity index (χ3n) is 3.87. The summed E-state index contributed by atoms with van der Waals surface area (Å²) >= 11 is 0. The van der Waals surface area contributed by atoms with E-state index < -0.39 is 0 Å². The lowest BCUT2D eigenvalue weighted by molar-refractivity contribution is -0.121. The summed E-state index contributed by atoms with van der Waals surface area (Å²) in [6.07, 6.45) is 3.83. The molecule has 0 saturated heterocycles. The minimum Gasteiger partial charge on any atom is -0.493 e. The smallest absolute Gasteiger partial charge is 0.240 e. The third kappa shape index (κ3) is 6.33. The van der Waals surface area contributed by atoms with Crippen LogP contribution in [-0.2, 0) is 11.4 Å². The van der Waals surface area contributed by atoms with Crippen molar-refractivity contribution in [3.63, 3.8) is 0 Å². The van der Waals surface area contributed by atoms with Crippen LogP contribution >= 0.6 is 0 Å². The molecule has 0 unspecified atom stereocenters. The monoisotopic (exact) mass is 370 g/mol. The van der Waals surface area contributed by atoms with Gasteiger partial charge < -0.3 is 14.2 Å². The maximum Gasteiger partial charge on any atom is 0.240 e. The Hall–Kier alpha value is -3.02. The predicted octanol–water partition coefficient (Wildman–Crippen LogP) is 3.92. The zero-order valence-electron chi connectivity index (χ0n) is 16.0. The Bertz CT molecular complexity index is 735. The lowest BCUT2D eigenvalue weighted by Gasteiger charge is -2.15. The van der Waals surface area contributed by atoms with E-state index in [0.717, 1.165) is 24.0 Å². The number of hydrogen-bond donors (Lipinski definition) is 1. The van der Waals surface area contributed by atoms with Gasteiger partial charge in [0.1, 0.15) is 6.61 Å². The number of nitrogens with zero attached hydrogens (tertiary/aromatic N) is 1. The van der Waals surface area contributed by atoms with Crippen LogP contribution in [0.3, 0.4) is 0 Å². The first-order valence-corrected chi connectivity index (χ1v) is 8.92. The molecule has 0 atom stereocenters. The summed E-state index contributed by atoms with van der Waals surface area (Å²) in [5.41, 5.74) is 4.29. The van der Waals surface area contributed by atoms with Gasteiger partial charge in [-0.2, -0.15) is 5.10 Å². The molecule has 6 nitrogen and oxygen atoms in total. The number of benzene rings is 2. The molecule has 2 aromatic carbocycles. The van der Waals surface area contributed by atoms with E-state index in [1.165, 1.54) is 0 Å². The van der Waals surface area contributed by atoms with Gasteiger partial charge in [-0.25, -0.2) is 5.43 Å². The van der Waals surface area contributed by atoms with Crippen LogP contribution < -0.4 is 19.6 Å². The molecule has 2 aromatic rings. The first-order valence-electron chi connectivity index (χ1n) is 8.92. The van der Waals surface area contributed by atoms with E-state index in [1.54, 1.807) is 32.6 Å². The van der Waals surface area contributed by atoms with Crippen molar-refractivity contribution in [2.45, 2.75) is 32.8 Å². The highest BCUT2D eigenvalue weighted by Gasteiger charge is 2.14. The number of nitrogens with one attached hydrogen (secondary N) is 1. The van der Waals surface area contributed by atoms with E-state index in [-0.39, 0.29) is 5.91 Å². The molecule has 2 rings (SSSR count). The Balaban J connectivity index is 2.11. The molecule has 0 radical (unpaired) electrons. The lowest BCUT2D eigenvalue weighted by atomic mass is 10.2. The van der Waals surface area contributed by atoms with Crippen LogP contribution in [-0.4, -0.2) is 26.3 Å². The summed E-state index contributed by atoms with van der Waals surface area (Å²) in [5.74, 6) is 1.48. The molecule has 0 bridgehead atoms. The van der Waals surface area contributed by atoms with E-state index in [4.69, 9.17) is 14.2 Å². The van der Waals surface area contributed by atoms with E-state index >= 15 is 0 Å². The Kier molecular flexibility index (Phi) is 8.16. The second kappa shape index (κ2) is 10.9. The molecule has 0 saturated carbocycles. The number of methoxy groups -OCH3 is 2. The summed E-state index contributed by atoms with van der Waals surface area (Å²) in [5, 5.41) is 3.99. The van der Waals surface area contributed by atoms with Crippen LogP contribution in [0, 0.1) is 0 Å². The van der Waals surface area contributed by atoms with Gasteiger partial charge in [-0.1, -0.05) is 43.7 Å². The van der Waals surface area contributed by atoms with Gasteiger partial charge in [0.15, 0.2) is 11.5 Å². The maximum absolute atomic E-state index is 11.6. The van der Waals surface area contributed by atoms with E-state index in [2.05, 4.69) is 10.5 Å². The highest BCUT2D eigenvalue weighted by Crippen LogP contribution is 2.38. The van der Waals surface area contributed by atoms with Gasteiger partial charge in [0.25, 0.3) is 0 Å². The molecule has 1 amide bonds. The summed E-state index contributed by atoms with van der Waals surface area (Å²) in [7, 11) is 3.13. The minimum absolute atomic E-state index is 0.102. The average molecular weight is 370 g/mol. The van der Waals surface area contributed by atoms with E-state index in [0.29, 0.717) is 30.3 Å². The highest BCUT2D eigenvalue weighted by molar-refractivity contribution is 5.84. The maximum atomic E-state index is 11.6. The molecule has 0 heterocycles. The SMILES string of the molecule is CCCCC(=O)N/N=C/c1cc(OC)c(OCc2ccccc2)c(OC)c1. The molecule has 144 valence electrons. The number of carbonyl (C=O) groups is 1.